The average molecular weight is 327 g/mol. The van der Waals surface area contributed by atoms with E-state index < -0.39 is 16.2 Å². The lowest BCUT2D eigenvalue weighted by molar-refractivity contribution is -0.386. The van der Waals surface area contributed by atoms with E-state index in [1.807, 2.05) is 10.8 Å². The van der Waals surface area contributed by atoms with Crippen LogP contribution in [0.2, 0.25) is 0 Å². The highest BCUT2D eigenvalue weighted by Crippen LogP contribution is 2.14. The molecule has 0 amide bonds. The van der Waals surface area contributed by atoms with Crippen LogP contribution < -0.4 is 5.56 Å². The Labute approximate surface area is 116 Å². The molecule has 2 rings (SSSR count). The fraction of sp³-hybridized carbons (Fsp3) is 0.273. The molecule has 8 heteroatoms. The zero-order valence-corrected chi connectivity index (χ0v) is 11.5. The van der Waals surface area contributed by atoms with Crippen LogP contribution in [0.1, 0.15) is 6.42 Å². The van der Waals surface area contributed by atoms with Crippen molar-refractivity contribution in [3.05, 3.63) is 55.9 Å². The zero-order chi connectivity index (χ0) is 13.8. The Morgan fingerprint density at radius 2 is 2.21 bits per heavy atom. The van der Waals surface area contributed by atoms with Crippen LogP contribution in [0, 0.1) is 10.1 Å². The molecule has 0 aliphatic rings. The summed E-state index contributed by atoms with van der Waals surface area (Å²) in [6.07, 6.45) is 7.43. The molecular weight excluding hydrogens is 316 g/mol. The lowest BCUT2D eigenvalue weighted by Gasteiger charge is -2.06. The maximum atomic E-state index is 11.8. The van der Waals surface area contributed by atoms with Gasteiger partial charge in [-0.1, -0.05) is 0 Å². The molecule has 2 heterocycles. The van der Waals surface area contributed by atoms with Crippen LogP contribution in [-0.4, -0.2) is 19.0 Å². The number of nitro groups is 1. The average Bonchev–Trinajstić information content (AvgIpc) is 2.86. The van der Waals surface area contributed by atoms with Crippen LogP contribution in [0.3, 0.4) is 0 Å². The molecule has 0 saturated carbocycles. The van der Waals surface area contributed by atoms with E-state index in [0.717, 1.165) is 0 Å². The van der Waals surface area contributed by atoms with Crippen molar-refractivity contribution in [3.63, 3.8) is 0 Å². The van der Waals surface area contributed by atoms with Gasteiger partial charge in [-0.25, -0.2) is 4.98 Å². The van der Waals surface area contributed by atoms with Gasteiger partial charge in [0.1, 0.15) is 0 Å². The van der Waals surface area contributed by atoms with E-state index in [4.69, 9.17) is 0 Å². The van der Waals surface area contributed by atoms with Crippen LogP contribution in [0.25, 0.3) is 0 Å². The Balaban J connectivity index is 2.12. The summed E-state index contributed by atoms with van der Waals surface area (Å²) < 4.78 is 3.75. The first-order valence-corrected chi connectivity index (χ1v) is 6.37. The van der Waals surface area contributed by atoms with Crippen molar-refractivity contribution in [3.8, 4) is 0 Å². The number of rotatable bonds is 5. The Hall–Kier alpha value is -1.96. The highest BCUT2D eigenvalue weighted by molar-refractivity contribution is 9.10. The van der Waals surface area contributed by atoms with Gasteiger partial charge < -0.3 is 9.13 Å². The predicted molar refractivity (Wildman–Crippen MR) is 71.9 cm³/mol. The zero-order valence-electron chi connectivity index (χ0n) is 9.90. The second kappa shape index (κ2) is 5.79. The summed E-state index contributed by atoms with van der Waals surface area (Å²) in [6.45, 7) is 1.12. The van der Waals surface area contributed by atoms with Crippen LogP contribution in [0.4, 0.5) is 5.69 Å². The summed E-state index contributed by atoms with van der Waals surface area (Å²) in [4.78, 5) is 25.8. The summed E-state index contributed by atoms with van der Waals surface area (Å²) in [5.41, 5.74) is -1.00. The highest BCUT2D eigenvalue weighted by atomic mass is 79.9. The van der Waals surface area contributed by atoms with Gasteiger partial charge in [0.05, 0.1) is 11.3 Å². The number of aryl methyl sites for hydroxylation is 2. The highest BCUT2D eigenvalue weighted by Gasteiger charge is 2.15. The Kier molecular flexibility index (Phi) is 4.10. The molecule has 0 bridgehead atoms. The SMILES string of the molecule is O=c1c([N+](=O)[O-])cc(Br)cn1CCCn1ccnc1. The first kappa shape index (κ1) is 13.5. The number of nitrogens with zero attached hydrogens (tertiary/aromatic N) is 4. The fourth-order valence-corrected chi connectivity index (χ4v) is 2.19. The number of hydrogen-bond acceptors (Lipinski definition) is 4. The molecule has 0 atom stereocenters. The van der Waals surface area contributed by atoms with Gasteiger partial charge >= 0.3 is 11.2 Å². The predicted octanol–water partition coefficient (Wildman–Crippen LogP) is 1.81. The smallest absolute Gasteiger partial charge is 0.335 e. The molecule has 100 valence electrons. The van der Waals surface area contributed by atoms with Crippen LogP contribution >= 0.6 is 15.9 Å². The molecule has 19 heavy (non-hydrogen) atoms. The van der Waals surface area contributed by atoms with Gasteiger partial charge in [-0.05, 0) is 22.4 Å². The normalized spacial score (nSPS) is 10.6. The number of aromatic nitrogens is 3. The van der Waals surface area contributed by atoms with Crippen molar-refractivity contribution in [1.29, 1.82) is 0 Å². The molecule has 7 nitrogen and oxygen atoms in total. The first-order chi connectivity index (χ1) is 9.08. The van der Waals surface area contributed by atoms with Gasteiger partial charge in [0.25, 0.3) is 0 Å². The minimum absolute atomic E-state index is 0.414. The number of pyridine rings is 1. The Bertz CT molecular complexity index is 636. The van der Waals surface area contributed by atoms with E-state index in [1.54, 1.807) is 18.7 Å². The lowest BCUT2D eigenvalue weighted by atomic mass is 10.3. The maximum Gasteiger partial charge on any atom is 0.335 e. The minimum Gasteiger partial charge on any atom is -0.337 e. The standard InChI is InChI=1S/C11H11BrN4O3/c12-9-6-10(16(18)19)11(17)15(7-9)4-1-3-14-5-2-13-8-14/h2,5-8H,1,3-4H2. The van der Waals surface area contributed by atoms with Gasteiger partial charge in [-0.2, -0.15) is 0 Å². The third-order valence-corrected chi connectivity index (χ3v) is 3.04. The molecule has 0 fully saturated rings. The topological polar surface area (TPSA) is 83.0 Å². The molecule has 0 aliphatic heterocycles. The van der Waals surface area contributed by atoms with Crippen molar-refractivity contribution in [2.75, 3.05) is 0 Å². The minimum atomic E-state index is -0.667. The number of halogens is 1. The van der Waals surface area contributed by atoms with E-state index in [-0.39, 0.29) is 0 Å². The molecule has 0 unspecified atom stereocenters. The fourth-order valence-electron chi connectivity index (χ4n) is 1.72. The maximum absolute atomic E-state index is 11.8. The van der Waals surface area contributed by atoms with Crippen LogP contribution in [0.15, 0.2) is 40.3 Å². The molecule has 2 aromatic rings. The number of hydrogen-bond donors (Lipinski definition) is 0. The van der Waals surface area contributed by atoms with Gasteiger partial charge in [0.2, 0.25) is 0 Å². The molecule has 0 spiro atoms. The van der Waals surface area contributed by atoms with Gasteiger partial charge in [0.15, 0.2) is 0 Å². The second-order valence-corrected chi connectivity index (χ2v) is 4.87. The van der Waals surface area contributed by atoms with E-state index >= 15 is 0 Å². The van der Waals surface area contributed by atoms with E-state index in [0.29, 0.717) is 24.0 Å². The second-order valence-electron chi connectivity index (χ2n) is 3.95. The van der Waals surface area contributed by atoms with Crippen molar-refractivity contribution >= 4 is 21.6 Å². The molecule has 0 N–H and O–H groups in total. The monoisotopic (exact) mass is 326 g/mol. The largest absolute Gasteiger partial charge is 0.337 e. The van der Waals surface area contributed by atoms with Crippen molar-refractivity contribution in [2.45, 2.75) is 19.5 Å². The van der Waals surface area contributed by atoms with Crippen molar-refractivity contribution < 1.29 is 4.92 Å². The quantitative estimate of drug-likeness (QED) is 0.619. The van der Waals surface area contributed by atoms with Crippen LogP contribution in [-0.2, 0) is 13.1 Å². The summed E-state index contributed by atoms with van der Waals surface area (Å²) in [5, 5.41) is 10.7. The van der Waals surface area contributed by atoms with Gasteiger partial charge in [-0.15, -0.1) is 0 Å². The summed E-state index contributed by atoms with van der Waals surface area (Å²) >= 11 is 3.17. The third kappa shape index (κ3) is 3.28. The molecule has 0 aliphatic carbocycles. The summed E-state index contributed by atoms with van der Waals surface area (Å²) in [5.74, 6) is 0. The van der Waals surface area contributed by atoms with E-state index in [2.05, 4.69) is 20.9 Å². The molecule has 0 radical (unpaired) electrons. The summed E-state index contributed by atoms with van der Waals surface area (Å²) in [7, 11) is 0. The molecular formula is C11H11BrN4O3. The van der Waals surface area contributed by atoms with Crippen LogP contribution in [0.5, 0.6) is 0 Å². The van der Waals surface area contributed by atoms with Crippen molar-refractivity contribution in [1.82, 2.24) is 14.1 Å². The van der Waals surface area contributed by atoms with Crippen molar-refractivity contribution in [2.24, 2.45) is 0 Å². The molecule has 0 saturated heterocycles. The lowest BCUT2D eigenvalue weighted by Crippen LogP contribution is -2.22. The Morgan fingerprint density at radius 3 is 2.84 bits per heavy atom. The summed E-state index contributed by atoms with van der Waals surface area (Å²) in [6, 6.07) is 1.22. The van der Waals surface area contributed by atoms with E-state index in [9.17, 15) is 14.9 Å². The molecule has 2 aromatic heterocycles. The van der Waals surface area contributed by atoms with E-state index in [1.165, 1.54) is 10.6 Å². The number of imidazole rings is 1. The first-order valence-electron chi connectivity index (χ1n) is 5.58. The van der Waals surface area contributed by atoms with Gasteiger partial charge in [0, 0.05) is 42.2 Å². The Morgan fingerprint density at radius 1 is 1.42 bits per heavy atom. The van der Waals surface area contributed by atoms with Gasteiger partial charge in [-0.3, -0.25) is 14.9 Å². The third-order valence-electron chi connectivity index (χ3n) is 2.60. The molecule has 0 aromatic carbocycles.